The number of aromatic nitrogens is 3. The van der Waals surface area contributed by atoms with Gasteiger partial charge in [0.2, 0.25) is 0 Å². The quantitative estimate of drug-likeness (QED) is 0.583. The number of hydrogen-bond donors (Lipinski definition) is 2. The number of halogens is 1. The van der Waals surface area contributed by atoms with E-state index < -0.39 is 38.2 Å². The van der Waals surface area contributed by atoms with Crippen LogP contribution in [0, 0.1) is 6.92 Å². The number of methoxy groups -OCH3 is 1. The Bertz CT molecular complexity index is 988. The molecule has 0 aromatic carbocycles. The molecular formula is C10H9IN4O7S2. The van der Waals surface area contributed by atoms with Crippen LogP contribution in [0.5, 0.6) is 6.01 Å². The van der Waals surface area contributed by atoms with Gasteiger partial charge in [0.1, 0.15) is 4.90 Å². The van der Waals surface area contributed by atoms with Crippen LogP contribution >= 0.6 is 34.2 Å². The van der Waals surface area contributed by atoms with E-state index in [0.717, 1.165) is 19.5 Å². The summed E-state index contributed by atoms with van der Waals surface area (Å²) in [5.74, 6) is -1.46. The Balaban J connectivity index is 2.44. The van der Waals surface area contributed by atoms with Crippen molar-refractivity contribution in [1.82, 2.24) is 17.3 Å². The lowest BCUT2D eigenvalue weighted by atomic mass is 10.3. The minimum Gasteiger partial charge on any atom is -0.478 e. The molecule has 2 aromatic rings. The van der Waals surface area contributed by atoms with Gasteiger partial charge in [0.25, 0.3) is 10.0 Å². The van der Waals surface area contributed by atoms with E-state index in [-0.39, 0.29) is 15.6 Å². The smallest absolute Gasteiger partial charge is 0.366 e. The standard InChI is InChI=1S/C10H9IN4O7S2/c1-4-6(5(3-23-4)7(16)17)24(20,21)13-8(18)15-10(19)14(11)9(12-15)22-2/h3H,1-2H3,(H,13,18)(H,16,17). The summed E-state index contributed by atoms with van der Waals surface area (Å²) < 4.78 is 32.1. The molecule has 2 heterocycles. The first-order valence-corrected chi connectivity index (χ1v) is 9.23. The van der Waals surface area contributed by atoms with Crippen LogP contribution < -0.4 is 15.1 Å². The molecule has 0 aliphatic carbocycles. The van der Waals surface area contributed by atoms with Gasteiger partial charge in [0.05, 0.1) is 35.5 Å². The summed E-state index contributed by atoms with van der Waals surface area (Å²) >= 11 is 2.42. The minimum atomic E-state index is -4.52. The summed E-state index contributed by atoms with van der Waals surface area (Å²) in [6.45, 7) is 1.39. The predicted molar refractivity (Wildman–Crippen MR) is 89.6 cm³/mol. The van der Waals surface area contributed by atoms with Crippen molar-refractivity contribution in [2.45, 2.75) is 11.8 Å². The number of carboxylic acid groups (broad SMARTS) is 1. The molecule has 2 N–H and O–H groups in total. The van der Waals surface area contributed by atoms with Crippen LogP contribution in [-0.4, -0.2) is 45.2 Å². The molecule has 0 aliphatic heterocycles. The topological polar surface area (TPSA) is 150 Å². The van der Waals surface area contributed by atoms with E-state index in [2.05, 4.69) is 5.10 Å². The lowest BCUT2D eigenvalue weighted by molar-refractivity contribution is 0.0693. The number of aromatic carboxylic acids is 1. The number of carbonyl (C=O) groups is 2. The van der Waals surface area contributed by atoms with Crippen molar-refractivity contribution in [2.75, 3.05) is 7.11 Å². The summed E-state index contributed by atoms with van der Waals surface area (Å²) in [5.41, 5.74) is -1.41. The second-order valence-corrected chi connectivity index (χ2v) is 7.88. The molecule has 0 aliphatic rings. The Labute approximate surface area is 152 Å². The maximum Gasteiger partial charge on any atom is 0.366 e. The second kappa shape index (κ2) is 6.52. The van der Waals surface area contributed by atoms with Crippen LogP contribution in [0.1, 0.15) is 15.2 Å². The number of nitrogens with one attached hydrogen (secondary N) is 1. The van der Waals surface area contributed by atoms with Gasteiger partial charge < -0.3 is 9.84 Å². The van der Waals surface area contributed by atoms with Gasteiger partial charge in [-0.1, -0.05) is 0 Å². The molecule has 24 heavy (non-hydrogen) atoms. The Kier molecular flexibility index (Phi) is 5.00. The highest BCUT2D eigenvalue weighted by Crippen LogP contribution is 2.26. The summed E-state index contributed by atoms with van der Waals surface area (Å²) in [7, 11) is -3.31. The number of hydrogen-bond acceptors (Lipinski definition) is 8. The first kappa shape index (κ1) is 18.4. The predicted octanol–water partition coefficient (Wildman–Crippen LogP) is 0.266. The Morgan fingerprint density at radius 3 is 2.58 bits per heavy atom. The van der Waals surface area contributed by atoms with Crippen LogP contribution in [0.25, 0.3) is 0 Å². The lowest BCUT2D eigenvalue weighted by Crippen LogP contribution is -2.40. The van der Waals surface area contributed by atoms with Gasteiger partial charge in [-0.3, -0.25) is 0 Å². The molecule has 1 amide bonds. The van der Waals surface area contributed by atoms with E-state index in [4.69, 9.17) is 9.84 Å². The minimum absolute atomic E-state index is 0.178. The third-order valence-electron chi connectivity index (χ3n) is 2.72. The molecule has 0 saturated carbocycles. The van der Waals surface area contributed by atoms with Crippen molar-refractivity contribution in [1.29, 1.82) is 0 Å². The van der Waals surface area contributed by atoms with Crippen molar-refractivity contribution < 1.29 is 27.9 Å². The zero-order valence-electron chi connectivity index (χ0n) is 12.0. The molecule has 130 valence electrons. The van der Waals surface area contributed by atoms with Crippen LogP contribution in [0.4, 0.5) is 4.79 Å². The van der Waals surface area contributed by atoms with Gasteiger partial charge >= 0.3 is 23.7 Å². The summed E-state index contributed by atoms with van der Waals surface area (Å²) in [6, 6.07) is -1.58. The molecule has 2 rings (SSSR count). The number of carbonyl (C=O) groups excluding carboxylic acids is 1. The fourth-order valence-corrected chi connectivity index (χ4v) is 4.73. The van der Waals surface area contributed by atoms with Crippen LogP contribution in [-0.2, 0) is 10.0 Å². The largest absolute Gasteiger partial charge is 0.478 e. The molecule has 0 spiro atoms. The zero-order valence-corrected chi connectivity index (χ0v) is 15.8. The first-order chi connectivity index (χ1) is 11.1. The van der Waals surface area contributed by atoms with Crippen molar-refractivity contribution in [3.63, 3.8) is 0 Å². The van der Waals surface area contributed by atoms with Gasteiger partial charge in [-0.2, -0.15) is 2.78 Å². The van der Waals surface area contributed by atoms with Crippen molar-refractivity contribution in [3.05, 3.63) is 26.3 Å². The molecule has 0 fully saturated rings. The number of rotatable bonds is 4. The third kappa shape index (κ3) is 3.16. The van der Waals surface area contributed by atoms with E-state index in [1.807, 2.05) is 0 Å². The number of aryl methyl sites for hydroxylation is 1. The Hall–Kier alpha value is -1.94. The average Bonchev–Trinajstić information content (AvgIpc) is 3.01. The van der Waals surface area contributed by atoms with Gasteiger partial charge in [-0.05, 0) is 6.92 Å². The highest BCUT2D eigenvalue weighted by Gasteiger charge is 2.30. The molecule has 14 heteroatoms. The first-order valence-electron chi connectivity index (χ1n) is 5.91. The molecule has 0 atom stereocenters. The van der Waals surface area contributed by atoms with Crippen LogP contribution in [0.15, 0.2) is 15.1 Å². The van der Waals surface area contributed by atoms with Crippen LogP contribution in [0.2, 0.25) is 0 Å². The fourth-order valence-electron chi connectivity index (χ4n) is 1.72. The maximum absolute atomic E-state index is 12.3. The van der Waals surface area contributed by atoms with Crippen molar-refractivity contribution in [2.24, 2.45) is 0 Å². The second-order valence-electron chi connectivity index (χ2n) is 4.21. The Morgan fingerprint density at radius 2 is 2.08 bits per heavy atom. The van der Waals surface area contributed by atoms with Gasteiger partial charge in [-0.25, -0.2) is 27.5 Å². The highest BCUT2D eigenvalue weighted by atomic mass is 127. The number of thiophene rings is 1. The molecular weight excluding hydrogens is 479 g/mol. The lowest BCUT2D eigenvalue weighted by Gasteiger charge is -2.06. The van der Waals surface area contributed by atoms with E-state index in [1.165, 1.54) is 36.9 Å². The summed E-state index contributed by atoms with van der Waals surface area (Å²) in [6.07, 6.45) is 0. The van der Waals surface area contributed by atoms with Crippen molar-refractivity contribution in [3.8, 4) is 6.01 Å². The maximum atomic E-state index is 12.3. The fraction of sp³-hybridized carbons (Fsp3) is 0.200. The van der Waals surface area contributed by atoms with Gasteiger partial charge in [-0.15, -0.1) is 21.1 Å². The van der Waals surface area contributed by atoms with Gasteiger partial charge in [0, 0.05) is 10.3 Å². The van der Waals surface area contributed by atoms with E-state index in [9.17, 15) is 22.8 Å². The molecule has 0 radical (unpaired) electrons. The number of amides is 1. The van der Waals surface area contributed by atoms with E-state index >= 15 is 0 Å². The van der Waals surface area contributed by atoms with E-state index in [1.54, 1.807) is 4.72 Å². The SMILES string of the molecule is COc1nn(C(=O)NS(=O)(=O)c2c(C(=O)O)csc2C)c(=O)n1I. The summed E-state index contributed by atoms with van der Waals surface area (Å²) in [4.78, 5) is 34.6. The third-order valence-corrected chi connectivity index (χ3v) is 6.09. The molecule has 11 nitrogen and oxygen atoms in total. The normalized spacial score (nSPS) is 11.3. The molecule has 0 saturated heterocycles. The highest BCUT2D eigenvalue weighted by molar-refractivity contribution is 14.1. The van der Waals surface area contributed by atoms with E-state index in [0.29, 0.717) is 0 Å². The molecule has 2 aromatic heterocycles. The molecule has 0 bridgehead atoms. The summed E-state index contributed by atoms with van der Waals surface area (Å²) in [5, 5.41) is 13.7. The van der Waals surface area contributed by atoms with Crippen LogP contribution in [0.3, 0.4) is 0 Å². The Morgan fingerprint density at radius 1 is 1.46 bits per heavy atom. The number of ether oxygens (including phenoxy) is 1. The zero-order chi connectivity index (χ0) is 18.2. The molecule has 0 unspecified atom stereocenters. The number of sulfonamides is 1. The van der Waals surface area contributed by atoms with Gasteiger partial charge in [0.15, 0.2) is 0 Å². The van der Waals surface area contributed by atoms with Crippen molar-refractivity contribution >= 4 is 56.2 Å². The monoisotopic (exact) mass is 488 g/mol. The number of carboxylic acids is 1. The number of nitrogens with zero attached hydrogens (tertiary/aromatic N) is 3. The average molecular weight is 488 g/mol.